The first-order chi connectivity index (χ1) is 16.9. The largest absolute Gasteiger partial charge is 0.466 e. The molecule has 1 atom stereocenters. The van der Waals surface area contributed by atoms with E-state index in [0.717, 1.165) is 22.3 Å². The molecule has 3 aromatic rings. The lowest BCUT2D eigenvalue weighted by atomic mass is 9.99. The lowest BCUT2D eigenvalue weighted by Gasteiger charge is -2.18. The summed E-state index contributed by atoms with van der Waals surface area (Å²) in [6.07, 6.45) is 0.451. The summed E-state index contributed by atoms with van der Waals surface area (Å²) in [5, 5.41) is 6.73. The van der Waals surface area contributed by atoms with Crippen LogP contribution in [0.25, 0.3) is 11.1 Å². The van der Waals surface area contributed by atoms with E-state index in [1.165, 1.54) is 5.12 Å². The number of nitrogens with one attached hydrogen (secondary N) is 2. The molecule has 0 spiro atoms. The van der Waals surface area contributed by atoms with Crippen molar-refractivity contribution in [2.75, 3.05) is 6.61 Å². The second-order valence-corrected chi connectivity index (χ2v) is 8.09. The molecule has 0 heterocycles. The van der Waals surface area contributed by atoms with Crippen LogP contribution < -0.4 is 22.0 Å². The Morgan fingerprint density at radius 3 is 2.14 bits per heavy atom. The van der Waals surface area contributed by atoms with Gasteiger partial charge >= 0.3 is 17.7 Å². The predicted molar refractivity (Wildman–Crippen MR) is 135 cm³/mol. The van der Waals surface area contributed by atoms with E-state index in [9.17, 15) is 9.59 Å². The Kier molecular flexibility index (Phi) is 9.39. The number of nitrogens with zero attached hydrogens (tertiary/aromatic N) is 1. The van der Waals surface area contributed by atoms with Gasteiger partial charge in [0, 0.05) is 6.04 Å². The van der Waals surface area contributed by atoms with Gasteiger partial charge in [-0.15, -0.1) is 0 Å². The zero-order valence-corrected chi connectivity index (χ0v) is 19.8. The van der Waals surface area contributed by atoms with Gasteiger partial charge in [-0.3, -0.25) is 15.3 Å². The molecule has 0 bridgehead atoms. The normalized spacial score (nSPS) is 12.0. The molecule has 8 heteroatoms. The molecule has 0 aliphatic rings. The summed E-state index contributed by atoms with van der Waals surface area (Å²) in [6.45, 7) is 2.35. The van der Waals surface area contributed by atoms with Gasteiger partial charge in [-0.1, -0.05) is 84.9 Å². The third-order valence-corrected chi connectivity index (χ3v) is 5.30. The van der Waals surface area contributed by atoms with Crippen LogP contribution in [-0.2, 0) is 27.3 Å². The summed E-state index contributed by atoms with van der Waals surface area (Å²) in [5.41, 5.74) is 10.1. The molecule has 3 aromatic carbocycles. The number of nitrogens with two attached hydrogens (primary N) is 2. The number of hydrazine groups is 2. The fraction of sp³-hybridized carbons (Fsp3) is 0.222. The number of hydrogen-bond acceptors (Lipinski definition) is 5. The van der Waals surface area contributed by atoms with Crippen LogP contribution >= 0.6 is 0 Å². The Morgan fingerprint density at radius 2 is 1.51 bits per heavy atom. The zero-order valence-electron chi connectivity index (χ0n) is 19.8. The summed E-state index contributed by atoms with van der Waals surface area (Å²) in [5.74, 6) is 4.83. The molecule has 0 saturated heterocycles. The molecule has 0 fully saturated rings. The maximum Gasteiger partial charge on any atom is 0.356 e. The van der Waals surface area contributed by atoms with Crippen LogP contribution in [0.3, 0.4) is 0 Å². The van der Waals surface area contributed by atoms with E-state index in [1.54, 1.807) is 6.92 Å². The highest BCUT2D eigenvalue weighted by Gasteiger charge is 2.23. The van der Waals surface area contributed by atoms with Crippen LogP contribution in [0.15, 0.2) is 84.9 Å². The van der Waals surface area contributed by atoms with Crippen molar-refractivity contribution < 1.29 is 19.4 Å². The third kappa shape index (κ3) is 8.28. The average molecular weight is 475 g/mol. The van der Waals surface area contributed by atoms with Crippen LogP contribution in [0.2, 0.25) is 0 Å². The van der Waals surface area contributed by atoms with Gasteiger partial charge in [0.15, 0.2) is 0 Å². The van der Waals surface area contributed by atoms with E-state index in [-0.39, 0.29) is 18.9 Å². The first kappa shape index (κ1) is 25.5. The van der Waals surface area contributed by atoms with E-state index in [4.69, 9.17) is 16.3 Å². The van der Waals surface area contributed by atoms with Gasteiger partial charge in [-0.2, -0.15) is 10.2 Å². The van der Waals surface area contributed by atoms with Crippen molar-refractivity contribution in [2.24, 2.45) is 11.6 Å². The number of ether oxygens (including phenoxy) is 1. The minimum absolute atomic E-state index is 0.0175. The molecule has 182 valence electrons. The first-order valence-electron chi connectivity index (χ1n) is 11.5. The molecular weight excluding hydrogens is 442 g/mol. The Morgan fingerprint density at radius 1 is 0.914 bits per heavy atom. The van der Waals surface area contributed by atoms with E-state index in [0.29, 0.717) is 13.0 Å². The topological polar surface area (TPSA) is 125 Å². The fourth-order valence-corrected chi connectivity index (χ4v) is 3.63. The summed E-state index contributed by atoms with van der Waals surface area (Å²) in [6, 6.07) is 27.1. The molecule has 8 nitrogen and oxygen atoms in total. The van der Waals surface area contributed by atoms with Crippen molar-refractivity contribution in [3.8, 4) is 11.1 Å². The minimum atomic E-state index is -0.552. The van der Waals surface area contributed by atoms with Crippen molar-refractivity contribution >= 4 is 17.7 Å². The summed E-state index contributed by atoms with van der Waals surface area (Å²) in [4.78, 5) is 24.9. The number of amides is 1. The molecule has 0 aliphatic carbocycles. The number of amidine groups is 1. The second-order valence-electron chi connectivity index (χ2n) is 8.09. The van der Waals surface area contributed by atoms with Crippen LogP contribution in [0.1, 0.15) is 24.5 Å². The number of rotatable bonds is 10. The number of hydrazone groups is 1. The molecule has 35 heavy (non-hydrogen) atoms. The number of benzene rings is 3. The SMILES string of the molecule is CCOC(=O)CC(Cc1ccc(-c2ccccc2)cc1)NC(=O)C(N)=[NH+]N(N)Cc1ccccc1. The van der Waals surface area contributed by atoms with Crippen molar-refractivity contribution in [2.45, 2.75) is 32.4 Å². The van der Waals surface area contributed by atoms with Crippen molar-refractivity contribution in [1.82, 2.24) is 10.4 Å². The highest BCUT2D eigenvalue weighted by molar-refractivity contribution is 6.34. The minimum Gasteiger partial charge on any atom is -0.466 e. The van der Waals surface area contributed by atoms with E-state index >= 15 is 0 Å². The number of carbonyl (C=O) groups is 2. The summed E-state index contributed by atoms with van der Waals surface area (Å²) >= 11 is 0. The molecule has 1 amide bonds. The van der Waals surface area contributed by atoms with Gasteiger partial charge < -0.3 is 10.1 Å². The standard InChI is InChI=1S/C27H31N5O3/c1-2-35-25(33)18-24(17-20-13-15-23(16-14-20)22-11-7-4-8-12-22)30-27(34)26(28)31-32(29)19-21-9-5-3-6-10-21/h3-16,24H,2,17-19,29H2,1H3,(H2,28,31)(H,30,34)/p+1. The van der Waals surface area contributed by atoms with Gasteiger partial charge in [-0.25, -0.2) is 5.84 Å². The Labute approximate surface area is 205 Å². The lowest BCUT2D eigenvalue weighted by Crippen LogP contribution is -2.89. The molecule has 0 aromatic heterocycles. The number of esters is 1. The average Bonchev–Trinajstić information content (AvgIpc) is 2.85. The monoisotopic (exact) mass is 474 g/mol. The van der Waals surface area contributed by atoms with E-state index in [1.807, 2.05) is 84.9 Å². The first-order valence-corrected chi connectivity index (χ1v) is 11.5. The van der Waals surface area contributed by atoms with E-state index < -0.39 is 17.9 Å². The van der Waals surface area contributed by atoms with Crippen LogP contribution in [-0.4, -0.2) is 35.5 Å². The zero-order chi connectivity index (χ0) is 25.0. The van der Waals surface area contributed by atoms with Gasteiger partial charge in [0.05, 0.1) is 19.6 Å². The summed E-state index contributed by atoms with van der Waals surface area (Å²) < 4.78 is 5.09. The highest BCUT2D eigenvalue weighted by Crippen LogP contribution is 2.20. The van der Waals surface area contributed by atoms with E-state index in [2.05, 4.69) is 10.4 Å². The predicted octanol–water partition coefficient (Wildman–Crippen LogP) is 1.06. The van der Waals surface area contributed by atoms with Crippen LogP contribution in [0.5, 0.6) is 0 Å². The van der Waals surface area contributed by atoms with Crippen molar-refractivity contribution in [1.29, 1.82) is 0 Å². The van der Waals surface area contributed by atoms with Crippen molar-refractivity contribution in [3.63, 3.8) is 0 Å². The summed E-state index contributed by atoms with van der Waals surface area (Å²) in [7, 11) is 0. The smallest absolute Gasteiger partial charge is 0.356 e. The molecule has 3 rings (SSSR count). The van der Waals surface area contributed by atoms with Gasteiger partial charge in [-0.05, 0) is 35.6 Å². The molecule has 0 radical (unpaired) electrons. The Hall–Kier alpha value is -4.17. The Balaban J connectivity index is 1.66. The maximum atomic E-state index is 12.7. The fourth-order valence-electron chi connectivity index (χ4n) is 3.63. The van der Waals surface area contributed by atoms with Gasteiger partial charge in [0.2, 0.25) is 0 Å². The van der Waals surface area contributed by atoms with Crippen molar-refractivity contribution in [3.05, 3.63) is 96.1 Å². The van der Waals surface area contributed by atoms with Crippen LogP contribution in [0, 0.1) is 0 Å². The number of carbonyl (C=O) groups excluding carboxylic acids is 2. The maximum absolute atomic E-state index is 12.7. The third-order valence-electron chi connectivity index (χ3n) is 5.30. The van der Waals surface area contributed by atoms with Crippen LogP contribution in [0.4, 0.5) is 0 Å². The highest BCUT2D eigenvalue weighted by atomic mass is 16.5. The molecule has 0 aliphatic heterocycles. The van der Waals surface area contributed by atoms with Gasteiger partial charge in [0.25, 0.3) is 0 Å². The lowest BCUT2D eigenvalue weighted by molar-refractivity contribution is -0.653. The molecular formula is C27H32N5O3+. The molecule has 6 N–H and O–H groups in total. The quantitative estimate of drug-likeness (QED) is 0.115. The second kappa shape index (κ2) is 12.9. The molecule has 1 unspecified atom stereocenters. The van der Waals surface area contributed by atoms with Gasteiger partial charge in [0.1, 0.15) is 0 Å². The number of hydrogen-bond donors (Lipinski definition) is 4. The molecule has 0 saturated carbocycles. The Bertz CT molecular complexity index is 1120.